The van der Waals surface area contributed by atoms with Crippen LogP contribution in [0.5, 0.6) is 0 Å². The number of nitrogens with zero attached hydrogens (tertiary/aromatic N) is 2. The van der Waals surface area contributed by atoms with Crippen molar-refractivity contribution in [3.05, 3.63) is 71.0 Å². The van der Waals surface area contributed by atoms with Crippen LogP contribution < -0.4 is 0 Å². The first-order chi connectivity index (χ1) is 13.9. The number of fused-ring (bicyclic) bond motifs is 2. The average molecular weight is 384 g/mol. The van der Waals surface area contributed by atoms with Crippen LogP contribution in [0.4, 0.5) is 0 Å². The number of aryl methyl sites for hydroxylation is 2. The molecule has 144 valence electrons. The molecule has 5 rings (SSSR count). The van der Waals surface area contributed by atoms with E-state index in [0.29, 0.717) is 11.1 Å². The molecule has 4 aromatic rings. The summed E-state index contributed by atoms with van der Waals surface area (Å²) in [5, 5.41) is 1.87. The molecule has 1 aliphatic rings. The highest BCUT2D eigenvalue weighted by atomic mass is 16.6. The lowest BCUT2D eigenvalue weighted by Gasteiger charge is -2.06. The van der Waals surface area contributed by atoms with E-state index in [0.717, 1.165) is 44.3 Å². The summed E-state index contributed by atoms with van der Waals surface area (Å²) < 4.78 is 9.24. The summed E-state index contributed by atoms with van der Waals surface area (Å²) in [7, 11) is 3.93. The largest absolute Gasteiger partial charge is 0.386 e. The number of cyclic esters (lactones) is 2. The van der Waals surface area contributed by atoms with Gasteiger partial charge in [0.1, 0.15) is 0 Å². The second-order valence-corrected chi connectivity index (χ2v) is 7.50. The average Bonchev–Trinajstić information content (AvgIpc) is 3.24. The van der Waals surface area contributed by atoms with Gasteiger partial charge in [0, 0.05) is 58.4 Å². The fourth-order valence-electron chi connectivity index (χ4n) is 4.52. The molecule has 5 heteroatoms. The summed E-state index contributed by atoms with van der Waals surface area (Å²) in [5.74, 6) is -1.17. The van der Waals surface area contributed by atoms with E-state index in [-0.39, 0.29) is 0 Å². The second kappa shape index (κ2) is 5.95. The van der Waals surface area contributed by atoms with E-state index < -0.39 is 11.9 Å². The van der Waals surface area contributed by atoms with E-state index in [2.05, 4.69) is 0 Å². The number of aromatic nitrogens is 2. The smallest absolute Gasteiger partial charge is 0.347 e. The lowest BCUT2D eigenvalue weighted by atomic mass is 9.93. The van der Waals surface area contributed by atoms with Crippen LogP contribution in [0.25, 0.3) is 33.0 Å². The van der Waals surface area contributed by atoms with E-state index in [1.807, 2.05) is 85.6 Å². The lowest BCUT2D eigenvalue weighted by molar-refractivity contribution is -0.149. The van der Waals surface area contributed by atoms with Gasteiger partial charge in [0.05, 0.1) is 11.1 Å². The minimum atomic E-state index is -0.586. The molecule has 0 atom stereocenters. The van der Waals surface area contributed by atoms with Crippen LogP contribution in [0.15, 0.2) is 48.5 Å². The number of esters is 2. The van der Waals surface area contributed by atoms with Crippen molar-refractivity contribution in [1.29, 1.82) is 0 Å². The predicted molar refractivity (Wildman–Crippen MR) is 113 cm³/mol. The highest BCUT2D eigenvalue weighted by Gasteiger charge is 2.39. The highest BCUT2D eigenvalue weighted by molar-refractivity contribution is 6.47. The van der Waals surface area contributed by atoms with E-state index in [4.69, 9.17) is 4.74 Å². The molecule has 29 heavy (non-hydrogen) atoms. The molecular weight excluding hydrogens is 364 g/mol. The van der Waals surface area contributed by atoms with Gasteiger partial charge in [-0.2, -0.15) is 0 Å². The third kappa shape index (κ3) is 2.21. The Morgan fingerprint density at radius 2 is 1.03 bits per heavy atom. The minimum Gasteiger partial charge on any atom is -0.386 e. The van der Waals surface area contributed by atoms with Crippen molar-refractivity contribution in [2.75, 3.05) is 0 Å². The molecule has 0 saturated carbocycles. The van der Waals surface area contributed by atoms with Crippen LogP contribution in [-0.4, -0.2) is 21.1 Å². The zero-order valence-electron chi connectivity index (χ0n) is 16.7. The monoisotopic (exact) mass is 384 g/mol. The number of hydrogen-bond donors (Lipinski definition) is 0. The summed E-state index contributed by atoms with van der Waals surface area (Å²) >= 11 is 0. The van der Waals surface area contributed by atoms with Crippen molar-refractivity contribution in [1.82, 2.24) is 9.13 Å². The summed E-state index contributed by atoms with van der Waals surface area (Å²) in [5.41, 5.74) is 6.09. The molecule has 0 aliphatic carbocycles. The molecule has 3 heterocycles. The van der Waals surface area contributed by atoms with Crippen LogP contribution in [0.2, 0.25) is 0 Å². The first-order valence-corrected chi connectivity index (χ1v) is 9.51. The van der Waals surface area contributed by atoms with Crippen molar-refractivity contribution >= 4 is 44.9 Å². The molecule has 0 amide bonds. The van der Waals surface area contributed by atoms with Gasteiger partial charge >= 0.3 is 11.9 Å². The molecule has 0 saturated heterocycles. The fraction of sp³-hybridized carbons (Fsp3) is 0.167. The molecule has 0 bridgehead atoms. The Bertz CT molecular complexity index is 1290. The number of hydrogen-bond acceptors (Lipinski definition) is 3. The molecule has 0 N–H and O–H groups in total. The van der Waals surface area contributed by atoms with Gasteiger partial charge in [0.25, 0.3) is 0 Å². The van der Waals surface area contributed by atoms with Gasteiger partial charge in [-0.3, -0.25) is 0 Å². The summed E-state index contributed by atoms with van der Waals surface area (Å²) in [4.78, 5) is 25.8. The van der Waals surface area contributed by atoms with Crippen LogP contribution >= 0.6 is 0 Å². The Morgan fingerprint density at radius 1 is 0.655 bits per heavy atom. The summed E-state index contributed by atoms with van der Waals surface area (Å²) in [6.45, 7) is 3.93. The Balaban J connectivity index is 1.95. The number of carbonyl (C=O) groups excluding carboxylic acids is 2. The SMILES string of the molecule is Cc1c(C2=C(c3c(C)n(C)c4ccccc34)C(=O)OC2=O)c2ccccc2n1C. The van der Waals surface area contributed by atoms with Crippen molar-refractivity contribution in [3.63, 3.8) is 0 Å². The zero-order chi connectivity index (χ0) is 20.4. The fourth-order valence-corrected chi connectivity index (χ4v) is 4.52. The number of rotatable bonds is 2. The molecule has 2 aromatic heterocycles. The number of para-hydroxylation sites is 2. The second-order valence-electron chi connectivity index (χ2n) is 7.50. The third-order valence-corrected chi connectivity index (χ3v) is 6.14. The lowest BCUT2D eigenvalue weighted by Crippen LogP contribution is -2.03. The van der Waals surface area contributed by atoms with Crippen LogP contribution in [-0.2, 0) is 28.4 Å². The quantitative estimate of drug-likeness (QED) is 0.383. The maximum Gasteiger partial charge on any atom is 0.347 e. The van der Waals surface area contributed by atoms with E-state index in [9.17, 15) is 9.59 Å². The standard InChI is InChI=1S/C24H20N2O3/c1-13-19(15-9-5-7-11-17(15)25(13)3)21-22(24(28)29-23(21)27)20-14(2)26(4)18-12-8-6-10-16(18)20/h5-12H,1-4H3. The molecular formula is C24H20N2O3. The minimum absolute atomic E-state index is 0.351. The Hall–Kier alpha value is -3.60. The van der Waals surface area contributed by atoms with Gasteiger partial charge in [-0.25, -0.2) is 9.59 Å². The number of ether oxygens (including phenoxy) is 1. The maximum absolute atomic E-state index is 12.9. The van der Waals surface area contributed by atoms with Crippen LogP contribution in [0.3, 0.4) is 0 Å². The normalized spacial score (nSPS) is 14.5. The first kappa shape index (κ1) is 17.5. The molecule has 0 fully saturated rings. The molecule has 0 spiro atoms. The van der Waals surface area contributed by atoms with E-state index in [1.54, 1.807) is 0 Å². The molecule has 0 radical (unpaired) electrons. The van der Waals surface area contributed by atoms with Crippen molar-refractivity contribution in [2.45, 2.75) is 13.8 Å². The Labute approximate surface area is 167 Å². The summed E-state index contributed by atoms with van der Waals surface area (Å²) in [6.07, 6.45) is 0. The third-order valence-electron chi connectivity index (χ3n) is 6.14. The number of benzene rings is 2. The van der Waals surface area contributed by atoms with Gasteiger partial charge in [-0.1, -0.05) is 36.4 Å². The van der Waals surface area contributed by atoms with Gasteiger partial charge in [-0.15, -0.1) is 0 Å². The topological polar surface area (TPSA) is 53.2 Å². The van der Waals surface area contributed by atoms with Gasteiger partial charge in [0.2, 0.25) is 0 Å². The molecule has 5 nitrogen and oxygen atoms in total. The van der Waals surface area contributed by atoms with Crippen LogP contribution in [0.1, 0.15) is 22.5 Å². The van der Waals surface area contributed by atoms with Crippen LogP contribution in [0, 0.1) is 13.8 Å². The summed E-state index contributed by atoms with van der Waals surface area (Å²) in [6, 6.07) is 15.8. The Kier molecular flexibility index (Phi) is 3.59. The highest BCUT2D eigenvalue weighted by Crippen LogP contribution is 2.43. The van der Waals surface area contributed by atoms with Gasteiger partial charge in [0.15, 0.2) is 0 Å². The maximum atomic E-state index is 12.9. The number of carbonyl (C=O) groups is 2. The Morgan fingerprint density at radius 3 is 1.45 bits per heavy atom. The van der Waals surface area contributed by atoms with E-state index in [1.165, 1.54) is 0 Å². The van der Waals surface area contributed by atoms with Crippen molar-refractivity contribution in [2.24, 2.45) is 14.1 Å². The first-order valence-electron chi connectivity index (χ1n) is 9.51. The van der Waals surface area contributed by atoms with Gasteiger partial charge in [-0.05, 0) is 26.0 Å². The molecule has 2 aromatic carbocycles. The molecule has 1 aliphatic heterocycles. The predicted octanol–water partition coefficient (Wildman–Crippen LogP) is 4.28. The van der Waals surface area contributed by atoms with E-state index >= 15 is 0 Å². The van der Waals surface area contributed by atoms with Gasteiger partial charge < -0.3 is 13.9 Å². The zero-order valence-corrected chi connectivity index (χ0v) is 16.7. The van der Waals surface area contributed by atoms with Crippen molar-refractivity contribution in [3.8, 4) is 0 Å². The van der Waals surface area contributed by atoms with Crippen molar-refractivity contribution < 1.29 is 14.3 Å². The molecule has 0 unspecified atom stereocenters.